The first-order valence-corrected chi connectivity index (χ1v) is 6.70. The van der Waals surface area contributed by atoms with Gasteiger partial charge in [0, 0.05) is 0 Å². The van der Waals surface area contributed by atoms with E-state index in [2.05, 4.69) is 11.4 Å². The fourth-order valence-corrected chi connectivity index (χ4v) is 2.73. The average Bonchev–Trinajstić information content (AvgIpc) is 2.38. The summed E-state index contributed by atoms with van der Waals surface area (Å²) in [6.45, 7) is 6.17. The molecule has 0 aliphatic carbocycles. The van der Waals surface area contributed by atoms with E-state index in [4.69, 9.17) is 4.74 Å². The lowest BCUT2D eigenvalue weighted by Gasteiger charge is -2.24. The molecule has 0 radical (unpaired) electrons. The fraction of sp³-hybridized carbons (Fsp3) is 0.600. The van der Waals surface area contributed by atoms with Crippen LogP contribution in [0.2, 0.25) is 0 Å². The van der Waals surface area contributed by atoms with Gasteiger partial charge in [-0.1, -0.05) is 6.07 Å². The van der Waals surface area contributed by atoms with Crippen LogP contribution in [0.1, 0.15) is 29.5 Å². The monoisotopic (exact) mass is 249 g/mol. The Labute approximate surface area is 109 Å². The molecule has 1 heterocycles. The van der Waals surface area contributed by atoms with Crippen LogP contribution in [0.25, 0.3) is 0 Å². The molecule has 1 aromatic rings. The van der Waals surface area contributed by atoms with Gasteiger partial charge in [-0.25, -0.2) is 0 Å². The van der Waals surface area contributed by atoms with Crippen LogP contribution in [0.15, 0.2) is 6.07 Å². The number of phenolic OH excluding ortho intramolecular Hbond substituents is 1. The lowest BCUT2D eigenvalue weighted by atomic mass is 9.90. The predicted molar refractivity (Wildman–Crippen MR) is 73.4 cm³/mol. The van der Waals surface area contributed by atoms with E-state index in [-0.39, 0.29) is 0 Å². The molecule has 3 nitrogen and oxygen atoms in total. The van der Waals surface area contributed by atoms with Crippen LogP contribution in [0.5, 0.6) is 11.5 Å². The molecular formula is C15H23NO2. The van der Waals surface area contributed by atoms with Crippen molar-refractivity contribution in [1.29, 1.82) is 0 Å². The van der Waals surface area contributed by atoms with Crippen LogP contribution < -0.4 is 10.1 Å². The maximum atomic E-state index is 10.1. The molecule has 0 aromatic heterocycles. The lowest BCUT2D eigenvalue weighted by molar-refractivity contribution is 0.349. The van der Waals surface area contributed by atoms with Crippen molar-refractivity contribution in [3.63, 3.8) is 0 Å². The zero-order valence-electron chi connectivity index (χ0n) is 11.5. The van der Waals surface area contributed by atoms with Crippen molar-refractivity contribution >= 4 is 0 Å². The van der Waals surface area contributed by atoms with E-state index in [9.17, 15) is 5.11 Å². The summed E-state index contributed by atoms with van der Waals surface area (Å²) in [5.74, 6) is 1.61. The number of ether oxygens (including phenoxy) is 1. The normalized spacial score (nSPS) is 19.8. The summed E-state index contributed by atoms with van der Waals surface area (Å²) in [7, 11) is 1.63. The second kappa shape index (κ2) is 5.61. The summed E-state index contributed by atoms with van der Waals surface area (Å²) in [5.41, 5.74) is 3.18. The van der Waals surface area contributed by atoms with E-state index >= 15 is 0 Å². The first kappa shape index (κ1) is 13.2. The fourth-order valence-electron chi connectivity index (χ4n) is 2.73. The Morgan fingerprint density at radius 3 is 2.83 bits per heavy atom. The SMILES string of the molecule is COc1c(CC2CCCNC2)cc(C)c(C)c1O. The minimum Gasteiger partial charge on any atom is -0.504 e. The number of nitrogens with one attached hydrogen (secondary N) is 1. The maximum absolute atomic E-state index is 10.1. The minimum atomic E-state index is 0.302. The van der Waals surface area contributed by atoms with Gasteiger partial charge in [-0.3, -0.25) is 0 Å². The third-order valence-corrected chi connectivity index (χ3v) is 3.96. The van der Waals surface area contributed by atoms with E-state index in [1.807, 2.05) is 13.8 Å². The molecule has 0 amide bonds. The van der Waals surface area contributed by atoms with Crippen LogP contribution >= 0.6 is 0 Å². The highest BCUT2D eigenvalue weighted by molar-refractivity contribution is 5.54. The molecule has 100 valence electrons. The third kappa shape index (κ3) is 2.61. The third-order valence-electron chi connectivity index (χ3n) is 3.96. The van der Waals surface area contributed by atoms with Crippen LogP contribution in [0, 0.1) is 19.8 Å². The minimum absolute atomic E-state index is 0.302. The standard InChI is InChI=1S/C15H23NO2/c1-10-7-13(8-12-5-4-6-16-9-12)15(18-3)14(17)11(10)2/h7,12,16-17H,4-6,8-9H2,1-3H3. The Hall–Kier alpha value is -1.22. The van der Waals surface area contributed by atoms with Gasteiger partial charge in [0.15, 0.2) is 11.5 Å². The largest absolute Gasteiger partial charge is 0.504 e. The number of rotatable bonds is 3. The van der Waals surface area contributed by atoms with Gasteiger partial charge in [0.05, 0.1) is 7.11 Å². The molecule has 0 spiro atoms. The molecular weight excluding hydrogens is 226 g/mol. The number of methoxy groups -OCH3 is 1. The van der Waals surface area contributed by atoms with Gasteiger partial charge in [-0.05, 0) is 68.8 Å². The van der Waals surface area contributed by atoms with Crippen molar-refractivity contribution in [1.82, 2.24) is 5.32 Å². The molecule has 18 heavy (non-hydrogen) atoms. The summed E-state index contributed by atoms with van der Waals surface area (Å²) in [6, 6.07) is 2.16. The molecule has 1 unspecified atom stereocenters. The van der Waals surface area contributed by atoms with Crippen LogP contribution in [0.4, 0.5) is 0 Å². The molecule has 2 N–H and O–H groups in total. The molecule has 2 rings (SSSR count). The first-order chi connectivity index (χ1) is 8.63. The first-order valence-electron chi connectivity index (χ1n) is 6.70. The Bertz CT molecular complexity index is 423. The number of hydrogen-bond donors (Lipinski definition) is 2. The zero-order chi connectivity index (χ0) is 13.1. The molecule has 1 saturated heterocycles. The van der Waals surface area contributed by atoms with Gasteiger partial charge in [-0.2, -0.15) is 0 Å². The van der Waals surface area contributed by atoms with Crippen LogP contribution in [-0.4, -0.2) is 25.3 Å². The summed E-state index contributed by atoms with van der Waals surface area (Å²) < 4.78 is 5.38. The summed E-state index contributed by atoms with van der Waals surface area (Å²) in [4.78, 5) is 0. The van der Waals surface area contributed by atoms with E-state index in [0.29, 0.717) is 17.4 Å². The van der Waals surface area contributed by atoms with Crippen molar-refractivity contribution in [3.05, 3.63) is 22.8 Å². The maximum Gasteiger partial charge on any atom is 0.163 e. The van der Waals surface area contributed by atoms with E-state index in [1.54, 1.807) is 7.11 Å². The lowest BCUT2D eigenvalue weighted by Crippen LogP contribution is -2.30. The topological polar surface area (TPSA) is 41.5 Å². The van der Waals surface area contributed by atoms with Gasteiger partial charge >= 0.3 is 0 Å². The van der Waals surface area contributed by atoms with Gasteiger partial charge < -0.3 is 15.2 Å². The second-order valence-corrected chi connectivity index (χ2v) is 5.28. The highest BCUT2D eigenvalue weighted by Gasteiger charge is 2.19. The quantitative estimate of drug-likeness (QED) is 0.865. The molecule has 0 saturated carbocycles. The Morgan fingerprint density at radius 1 is 1.44 bits per heavy atom. The van der Waals surface area contributed by atoms with Crippen LogP contribution in [-0.2, 0) is 6.42 Å². The zero-order valence-corrected chi connectivity index (χ0v) is 11.5. The summed E-state index contributed by atoms with van der Waals surface area (Å²) >= 11 is 0. The molecule has 1 atom stereocenters. The molecule has 0 bridgehead atoms. The number of piperidine rings is 1. The van der Waals surface area contributed by atoms with Crippen molar-refractivity contribution in [3.8, 4) is 11.5 Å². The van der Waals surface area contributed by atoms with Gasteiger partial charge in [-0.15, -0.1) is 0 Å². The van der Waals surface area contributed by atoms with E-state index in [0.717, 1.165) is 36.2 Å². The Morgan fingerprint density at radius 2 is 2.22 bits per heavy atom. The van der Waals surface area contributed by atoms with E-state index in [1.165, 1.54) is 12.8 Å². The number of aromatic hydroxyl groups is 1. The predicted octanol–water partition coefficient (Wildman–Crippen LogP) is 2.56. The average molecular weight is 249 g/mol. The summed E-state index contributed by atoms with van der Waals surface area (Å²) in [5, 5.41) is 13.6. The second-order valence-electron chi connectivity index (χ2n) is 5.28. The van der Waals surface area contributed by atoms with Crippen molar-refractivity contribution in [2.24, 2.45) is 5.92 Å². The summed E-state index contributed by atoms with van der Waals surface area (Å²) in [6.07, 6.45) is 3.47. The molecule has 1 aliphatic heterocycles. The molecule has 1 fully saturated rings. The van der Waals surface area contributed by atoms with Crippen molar-refractivity contribution in [2.75, 3.05) is 20.2 Å². The molecule has 3 heteroatoms. The van der Waals surface area contributed by atoms with Gasteiger partial charge in [0.1, 0.15) is 0 Å². The highest BCUT2D eigenvalue weighted by Crippen LogP contribution is 2.37. The van der Waals surface area contributed by atoms with Crippen molar-refractivity contribution < 1.29 is 9.84 Å². The Balaban J connectivity index is 2.25. The molecule has 1 aliphatic rings. The van der Waals surface area contributed by atoms with Crippen molar-refractivity contribution in [2.45, 2.75) is 33.1 Å². The highest BCUT2D eigenvalue weighted by atomic mass is 16.5. The number of aryl methyl sites for hydroxylation is 1. The Kier molecular flexibility index (Phi) is 4.12. The van der Waals surface area contributed by atoms with E-state index < -0.39 is 0 Å². The number of hydrogen-bond acceptors (Lipinski definition) is 3. The molecule has 1 aromatic carbocycles. The van der Waals surface area contributed by atoms with Gasteiger partial charge in [0.25, 0.3) is 0 Å². The van der Waals surface area contributed by atoms with Gasteiger partial charge in [0.2, 0.25) is 0 Å². The number of benzene rings is 1. The number of phenols is 1. The van der Waals surface area contributed by atoms with Crippen LogP contribution in [0.3, 0.4) is 0 Å². The smallest absolute Gasteiger partial charge is 0.163 e.